The van der Waals surface area contributed by atoms with Crippen molar-refractivity contribution in [1.82, 2.24) is 24.6 Å². The monoisotopic (exact) mass is 405 g/mol. The average molecular weight is 405 g/mol. The van der Waals surface area contributed by atoms with Crippen molar-refractivity contribution in [3.05, 3.63) is 54.5 Å². The summed E-state index contributed by atoms with van der Waals surface area (Å²) in [4.78, 5) is 22.0. The molecule has 4 aromatic rings. The number of hydrogen-bond acceptors (Lipinski definition) is 6. The summed E-state index contributed by atoms with van der Waals surface area (Å²) in [6, 6.07) is 11.6. The molecule has 1 aliphatic carbocycles. The fraction of sp³-hybridized carbons (Fsp3) is 0.200. The number of rotatable bonds is 6. The van der Waals surface area contributed by atoms with Gasteiger partial charge in [-0.2, -0.15) is 5.10 Å². The van der Waals surface area contributed by atoms with Gasteiger partial charge in [-0.15, -0.1) is 0 Å². The summed E-state index contributed by atoms with van der Waals surface area (Å²) in [6.07, 6.45) is 5.63. The minimum Gasteiger partial charge on any atom is -0.326 e. The first kappa shape index (κ1) is 17.7. The number of H-pyrrole nitrogens is 1. The minimum absolute atomic E-state index is 0.111. The molecule has 1 aliphatic rings. The zero-order chi connectivity index (χ0) is 19.8. The number of carbonyl (C=O) groups is 1. The maximum Gasteiger partial charge on any atom is 0.227 e. The molecule has 146 valence electrons. The van der Waals surface area contributed by atoms with Crippen LogP contribution in [0.4, 0.5) is 17.3 Å². The number of imidazole rings is 1. The van der Waals surface area contributed by atoms with Gasteiger partial charge >= 0.3 is 0 Å². The number of amides is 1. The largest absolute Gasteiger partial charge is 0.326 e. The maximum absolute atomic E-state index is 11.9. The van der Waals surface area contributed by atoms with E-state index in [-0.39, 0.29) is 11.8 Å². The van der Waals surface area contributed by atoms with E-state index in [9.17, 15) is 4.79 Å². The lowest BCUT2D eigenvalue weighted by Crippen LogP contribution is -2.12. The Labute approximate surface area is 171 Å². The van der Waals surface area contributed by atoms with Crippen molar-refractivity contribution in [2.45, 2.75) is 29.8 Å². The predicted molar refractivity (Wildman–Crippen MR) is 112 cm³/mol. The van der Waals surface area contributed by atoms with Gasteiger partial charge in [-0.25, -0.2) is 9.97 Å². The lowest BCUT2D eigenvalue weighted by Gasteiger charge is -2.09. The number of nitrogens with zero attached hydrogens (tertiary/aromatic N) is 4. The highest BCUT2D eigenvalue weighted by Gasteiger charge is 2.29. The van der Waals surface area contributed by atoms with E-state index in [1.54, 1.807) is 6.20 Å². The van der Waals surface area contributed by atoms with Crippen LogP contribution < -0.4 is 10.6 Å². The van der Waals surface area contributed by atoms with Crippen LogP contribution in [0.1, 0.15) is 18.5 Å². The van der Waals surface area contributed by atoms with E-state index in [4.69, 9.17) is 4.98 Å². The Hall–Kier alpha value is -3.33. The maximum atomic E-state index is 11.9. The number of aromatic amines is 1. The van der Waals surface area contributed by atoms with E-state index in [0.29, 0.717) is 11.6 Å². The molecule has 1 saturated carbocycles. The van der Waals surface area contributed by atoms with Gasteiger partial charge in [0.05, 0.1) is 0 Å². The lowest BCUT2D eigenvalue weighted by molar-refractivity contribution is -0.117. The Bertz CT molecular complexity index is 1180. The van der Waals surface area contributed by atoms with Crippen LogP contribution in [-0.4, -0.2) is 30.5 Å². The highest BCUT2D eigenvalue weighted by Crippen LogP contribution is 2.32. The molecule has 29 heavy (non-hydrogen) atoms. The number of aryl methyl sites for hydroxylation is 1. The molecular formula is C20H19N7OS. The molecule has 0 radical (unpaired) electrons. The highest BCUT2D eigenvalue weighted by atomic mass is 32.2. The number of carbonyl (C=O) groups excluding carboxylic acids is 1. The smallest absolute Gasteiger partial charge is 0.227 e. The molecule has 1 fully saturated rings. The van der Waals surface area contributed by atoms with Crippen molar-refractivity contribution >= 4 is 40.6 Å². The summed E-state index contributed by atoms with van der Waals surface area (Å²) in [7, 11) is 0. The minimum atomic E-state index is 0.111. The van der Waals surface area contributed by atoms with Crippen molar-refractivity contribution < 1.29 is 4.79 Å². The third kappa shape index (κ3) is 3.95. The molecule has 0 spiro atoms. The molecule has 0 atom stereocenters. The topological polar surface area (TPSA) is 100 Å². The predicted octanol–water partition coefficient (Wildman–Crippen LogP) is 4.00. The summed E-state index contributed by atoms with van der Waals surface area (Å²) in [5.74, 6) is 1.68. The van der Waals surface area contributed by atoms with E-state index in [2.05, 4.69) is 25.8 Å². The summed E-state index contributed by atoms with van der Waals surface area (Å²) < 4.78 is 1.94. The molecule has 9 heteroatoms. The Morgan fingerprint density at radius 2 is 2.03 bits per heavy atom. The van der Waals surface area contributed by atoms with Crippen LogP contribution in [0.15, 0.2) is 58.8 Å². The number of aromatic nitrogens is 5. The molecule has 0 saturated heterocycles. The molecule has 3 heterocycles. The van der Waals surface area contributed by atoms with E-state index in [1.165, 1.54) is 11.8 Å². The normalized spacial score (nSPS) is 13.6. The summed E-state index contributed by atoms with van der Waals surface area (Å²) in [5.41, 5.74) is 2.58. The summed E-state index contributed by atoms with van der Waals surface area (Å²) in [5, 5.41) is 14.1. The number of fused-ring (bicyclic) bond motifs is 1. The van der Waals surface area contributed by atoms with Crippen LogP contribution in [0.5, 0.6) is 0 Å². The van der Waals surface area contributed by atoms with Gasteiger partial charge in [0, 0.05) is 46.7 Å². The number of nitrogens with one attached hydrogen (secondary N) is 3. The first-order valence-electron chi connectivity index (χ1n) is 9.36. The van der Waals surface area contributed by atoms with E-state index in [1.807, 2.05) is 53.9 Å². The average Bonchev–Trinajstić information content (AvgIpc) is 3.32. The fourth-order valence-electron chi connectivity index (χ4n) is 2.95. The molecule has 0 unspecified atom stereocenters. The summed E-state index contributed by atoms with van der Waals surface area (Å²) in [6.45, 7) is 1.95. The Balaban J connectivity index is 1.37. The molecule has 0 bridgehead atoms. The van der Waals surface area contributed by atoms with Crippen molar-refractivity contribution in [3.8, 4) is 0 Å². The van der Waals surface area contributed by atoms with Gasteiger partial charge in [-0.05, 0) is 44.0 Å². The van der Waals surface area contributed by atoms with Crippen LogP contribution in [-0.2, 0) is 4.79 Å². The van der Waals surface area contributed by atoms with Crippen LogP contribution >= 0.6 is 11.8 Å². The van der Waals surface area contributed by atoms with Crippen LogP contribution in [0, 0.1) is 12.8 Å². The zero-order valence-electron chi connectivity index (χ0n) is 15.7. The fourth-order valence-corrected chi connectivity index (χ4v) is 3.83. The van der Waals surface area contributed by atoms with Crippen LogP contribution in [0.2, 0.25) is 0 Å². The molecule has 3 aromatic heterocycles. The van der Waals surface area contributed by atoms with Crippen LogP contribution in [0.25, 0.3) is 5.65 Å². The molecular weight excluding hydrogens is 386 g/mol. The molecule has 8 nitrogen and oxygen atoms in total. The highest BCUT2D eigenvalue weighted by molar-refractivity contribution is 7.99. The Morgan fingerprint density at radius 1 is 1.21 bits per heavy atom. The van der Waals surface area contributed by atoms with Crippen LogP contribution in [0.3, 0.4) is 0 Å². The number of anilines is 3. The third-order valence-electron chi connectivity index (χ3n) is 4.60. The molecule has 0 aliphatic heterocycles. The molecule has 5 rings (SSSR count). The Morgan fingerprint density at radius 3 is 2.76 bits per heavy atom. The number of hydrogen-bond donors (Lipinski definition) is 3. The zero-order valence-corrected chi connectivity index (χ0v) is 16.5. The van der Waals surface area contributed by atoms with Crippen molar-refractivity contribution in [2.75, 3.05) is 10.6 Å². The number of benzene rings is 1. The SMILES string of the molecule is Cc1cc(Nc2cc3nccn3c(Sc3ccc(NC(=O)C4CC4)cc3)n2)n[nH]1. The van der Waals surface area contributed by atoms with E-state index < -0.39 is 0 Å². The van der Waals surface area contributed by atoms with Crippen molar-refractivity contribution in [1.29, 1.82) is 0 Å². The Kier molecular flexibility index (Phi) is 4.44. The molecule has 1 aromatic carbocycles. The lowest BCUT2D eigenvalue weighted by atomic mass is 10.3. The first-order chi connectivity index (χ1) is 14.1. The van der Waals surface area contributed by atoms with Gasteiger partial charge in [0.1, 0.15) is 11.5 Å². The van der Waals surface area contributed by atoms with Crippen molar-refractivity contribution in [2.24, 2.45) is 5.92 Å². The summed E-state index contributed by atoms with van der Waals surface area (Å²) >= 11 is 1.53. The molecule has 3 N–H and O–H groups in total. The first-order valence-corrected chi connectivity index (χ1v) is 10.2. The quantitative estimate of drug-likeness (QED) is 0.419. The standard InChI is InChI=1S/C20H19N7OS/c1-12-10-17(26-25-12)23-16-11-18-21-8-9-27(18)20(24-16)29-15-6-4-14(5-7-15)22-19(28)13-2-3-13/h4-11,13H,2-3H2,1H3,(H,22,28)(H2,23,25,26). The van der Waals surface area contributed by atoms with Gasteiger partial charge in [-0.1, -0.05) is 11.8 Å². The third-order valence-corrected chi connectivity index (χ3v) is 5.58. The van der Waals surface area contributed by atoms with Gasteiger partial charge in [0.2, 0.25) is 5.91 Å². The van der Waals surface area contributed by atoms with Gasteiger partial charge in [-0.3, -0.25) is 14.3 Å². The van der Waals surface area contributed by atoms with E-state index >= 15 is 0 Å². The van der Waals surface area contributed by atoms with Crippen molar-refractivity contribution in [3.63, 3.8) is 0 Å². The van der Waals surface area contributed by atoms with E-state index in [0.717, 1.165) is 39.9 Å². The second kappa shape index (κ2) is 7.25. The van der Waals surface area contributed by atoms with Gasteiger partial charge in [0.25, 0.3) is 0 Å². The van der Waals surface area contributed by atoms with Gasteiger partial charge in [0.15, 0.2) is 11.0 Å². The van der Waals surface area contributed by atoms with Gasteiger partial charge < -0.3 is 10.6 Å². The molecule has 1 amide bonds. The second-order valence-corrected chi connectivity index (χ2v) is 8.07. The second-order valence-electron chi connectivity index (χ2n) is 7.03.